The van der Waals surface area contributed by atoms with Gasteiger partial charge in [0.2, 0.25) is 0 Å². The summed E-state index contributed by atoms with van der Waals surface area (Å²) in [4.78, 5) is 22.0. The van der Waals surface area contributed by atoms with Crippen molar-refractivity contribution < 1.29 is 9.72 Å². The minimum atomic E-state index is -0.418. The van der Waals surface area contributed by atoms with Gasteiger partial charge >= 0.3 is 0 Å². The van der Waals surface area contributed by atoms with Crippen molar-refractivity contribution in [1.29, 1.82) is 0 Å². The van der Waals surface area contributed by atoms with Crippen LogP contribution in [0.5, 0.6) is 0 Å². The Bertz CT molecular complexity index is 627. The van der Waals surface area contributed by atoms with Gasteiger partial charge in [-0.1, -0.05) is 26.0 Å². The molecule has 0 fully saturated rings. The van der Waals surface area contributed by atoms with E-state index in [1.54, 1.807) is 18.2 Å². The van der Waals surface area contributed by atoms with Crippen molar-refractivity contribution in [1.82, 2.24) is 4.57 Å². The van der Waals surface area contributed by atoms with Crippen molar-refractivity contribution in [3.05, 3.63) is 64.0 Å². The van der Waals surface area contributed by atoms with Crippen LogP contribution in [0.4, 0.5) is 5.69 Å². The Morgan fingerprint density at radius 2 is 1.90 bits per heavy atom. The molecule has 5 heteroatoms. The van der Waals surface area contributed by atoms with Crippen LogP contribution in [0, 0.1) is 16.0 Å². The monoisotopic (exact) mass is 272 g/mol. The Labute approximate surface area is 117 Å². The molecule has 1 aromatic carbocycles. The highest BCUT2D eigenvalue weighted by molar-refractivity contribution is 5.97. The highest BCUT2D eigenvalue weighted by atomic mass is 16.6. The minimum absolute atomic E-state index is 0.0229. The first-order valence-electron chi connectivity index (χ1n) is 6.40. The number of rotatable bonds is 5. The molecule has 5 nitrogen and oxygen atoms in total. The molecule has 0 amide bonds. The van der Waals surface area contributed by atoms with Crippen molar-refractivity contribution in [2.75, 3.05) is 0 Å². The maximum atomic E-state index is 11.8. The van der Waals surface area contributed by atoms with Crippen LogP contribution < -0.4 is 0 Å². The molecule has 104 valence electrons. The summed E-state index contributed by atoms with van der Waals surface area (Å²) in [6, 6.07) is 8.22. The number of benzene rings is 1. The normalized spacial score (nSPS) is 10.8. The quantitative estimate of drug-likeness (QED) is 0.476. The third-order valence-corrected chi connectivity index (χ3v) is 3.07. The molecule has 0 aliphatic carbocycles. The van der Waals surface area contributed by atoms with E-state index in [-0.39, 0.29) is 17.4 Å². The van der Waals surface area contributed by atoms with Crippen molar-refractivity contribution in [2.45, 2.75) is 20.4 Å². The van der Waals surface area contributed by atoms with Gasteiger partial charge in [-0.05, 0) is 11.6 Å². The van der Waals surface area contributed by atoms with Gasteiger partial charge in [0.05, 0.1) is 4.92 Å². The molecule has 0 N–H and O–H groups in total. The average Bonchev–Trinajstić information content (AvgIpc) is 2.86. The molecule has 0 aliphatic heterocycles. The summed E-state index contributed by atoms with van der Waals surface area (Å²) in [5.74, 6) is 0.0951. The molecular weight excluding hydrogens is 256 g/mol. The molecule has 0 spiro atoms. The molecule has 0 atom stereocenters. The maximum absolute atomic E-state index is 11.8. The molecule has 1 heterocycles. The predicted octanol–water partition coefficient (Wildman–Crippen LogP) is 3.28. The third-order valence-electron chi connectivity index (χ3n) is 3.07. The zero-order valence-electron chi connectivity index (χ0n) is 11.4. The van der Waals surface area contributed by atoms with E-state index >= 15 is 0 Å². The van der Waals surface area contributed by atoms with E-state index in [0.717, 1.165) is 5.56 Å². The number of nitrogens with zero attached hydrogens (tertiary/aromatic N) is 2. The summed E-state index contributed by atoms with van der Waals surface area (Å²) in [6.07, 6.45) is 3.65. The summed E-state index contributed by atoms with van der Waals surface area (Å²) in [5, 5.41) is 10.6. The topological polar surface area (TPSA) is 65.1 Å². The molecule has 2 rings (SSSR count). The smallest absolute Gasteiger partial charge is 0.269 e. The van der Waals surface area contributed by atoms with Crippen LogP contribution >= 0.6 is 0 Å². The highest BCUT2D eigenvalue weighted by Gasteiger charge is 2.11. The first-order valence-corrected chi connectivity index (χ1v) is 6.40. The van der Waals surface area contributed by atoms with Gasteiger partial charge < -0.3 is 4.57 Å². The van der Waals surface area contributed by atoms with Gasteiger partial charge in [0, 0.05) is 42.6 Å². The van der Waals surface area contributed by atoms with Gasteiger partial charge in [0.25, 0.3) is 5.69 Å². The number of nitro groups is 1. The van der Waals surface area contributed by atoms with E-state index in [1.807, 2.05) is 30.8 Å². The van der Waals surface area contributed by atoms with E-state index in [4.69, 9.17) is 0 Å². The first kappa shape index (κ1) is 14.0. The van der Waals surface area contributed by atoms with Crippen LogP contribution in [0.15, 0.2) is 42.7 Å². The summed E-state index contributed by atoms with van der Waals surface area (Å²) >= 11 is 0. The van der Waals surface area contributed by atoms with Crippen molar-refractivity contribution >= 4 is 11.5 Å². The lowest BCUT2D eigenvalue weighted by Crippen LogP contribution is -2.06. The minimum Gasteiger partial charge on any atom is -0.349 e. The van der Waals surface area contributed by atoms with Gasteiger partial charge in [-0.2, -0.15) is 0 Å². The Kier molecular flexibility index (Phi) is 3.98. The van der Waals surface area contributed by atoms with E-state index in [0.29, 0.717) is 12.1 Å². The summed E-state index contributed by atoms with van der Waals surface area (Å²) < 4.78 is 1.90. The van der Waals surface area contributed by atoms with E-state index in [9.17, 15) is 14.9 Å². The molecule has 0 saturated carbocycles. The van der Waals surface area contributed by atoms with Crippen molar-refractivity contribution in [2.24, 2.45) is 5.92 Å². The number of nitro benzene ring substituents is 1. The van der Waals surface area contributed by atoms with Crippen LogP contribution in [-0.2, 0) is 6.54 Å². The Morgan fingerprint density at radius 3 is 2.45 bits per heavy atom. The molecule has 0 saturated heterocycles. The number of carbonyl (C=O) groups excluding carboxylic acids is 1. The Balaban J connectivity index is 2.10. The predicted molar refractivity (Wildman–Crippen MR) is 75.8 cm³/mol. The fourth-order valence-corrected chi connectivity index (χ4v) is 1.95. The second kappa shape index (κ2) is 5.69. The van der Waals surface area contributed by atoms with Crippen LogP contribution in [0.25, 0.3) is 0 Å². The molecule has 0 radical (unpaired) electrons. The van der Waals surface area contributed by atoms with Crippen LogP contribution in [0.2, 0.25) is 0 Å². The first-order chi connectivity index (χ1) is 9.47. The maximum Gasteiger partial charge on any atom is 0.269 e. The molecular formula is C15H16N2O3. The lowest BCUT2D eigenvalue weighted by atomic mass is 10.0. The molecule has 0 unspecified atom stereocenters. The van der Waals surface area contributed by atoms with Crippen molar-refractivity contribution in [3.8, 4) is 0 Å². The molecule has 1 aromatic heterocycles. The van der Waals surface area contributed by atoms with Gasteiger partial charge in [-0.15, -0.1) is 0 Å². The average molecular weight is 272 g/mol. The number of hydrogen-bond acceptors (Lipinski definition) is 3. The SMILES string of the molecule is CC(C)C(=O)c1ccn(Cc2ccc([N+](=O)[O-])cc2)c1. The summed E-state index contributed by atoms with van der Waals surface area (Å²) in [6.45, 7) is 4.33. The van der Waals surface area contributed by atoms with E-state index in [1.165, 1.54) is 12.1 Å². The Hall–Kier alpha value is -2.43. The summed E-state index contributed by atoms with van der Waals surface area (Å²) in [7, 11) is 0. The molecule has 20 heavy (non-hydrogen) atoms. The number of aromatic nitrogens is 1. The standard InChI is InChI=1S/C15H16N2O3/c1-11(2)15(18)13-7-8-16(10-13)9-12-3-5-14(6-4-12)17(19)20/h3-8,10-11H,9H2,1-2H3. The highest BCUT2D eigenvalue weighted by Crippen LogP contribution is 2.14. The van der Waals surface area contributed by atoms with Crippen LogP contribution in [0.3, 0.4) is 0 Å². The van der Waals surface area contributed by atoms with Gasteiger partial charge in [-0.25, -0.2) is 0 Å². The molecule has 0 aliphatic rings. The second-order valence-electron chi connectivity index (χ2n) is 5.02. The van der Waals surface area contributed by atoms with Gasteiger partial charge in [0.15, 0.2) is 5.78 Å². The largest absolute Gasteiger partial charge is 0.349 e. The van der Waals surface area contributed by atoms with E-state index in [2.05, 4.69) is 0 Å². The molecule has 0 bridgehead atoms. The number of hydrogen-bond donors (Lipinski definition) is 0. The fraction of sp³-hybridized carbons (Fsp3) is 0.267. The summed E-state index contributed by atoms with van der Waals surface area (Å²) in [5.41, 5.74) is 1.73. The molecule has 2 aromatic rings. The Morgan fingerprint density at radius 1 is 1.25 bits per heavy atom. The lowest BCUT2D eigenvalue weighted by Gasteiger charge is -2.03. The lowest BCUT2D eigenvalue weighted by molar-refractivity contribution is -0.384. The van der Waals surface area contributed by atoms with E-state index < -0.39 is 4.92 Å². The van der Waals surface area contributed by atoms with Crippen LogP contribution in [-0.4, -0.2) is 15.3 Å². The number of carbonyl (C=O) groups is 1. The van der Waals surface area contributed by atoms with Crippen molar-refractivity contribution in [3.63, 3.8) is 0 Å². The second-order valence-corrected chi connectivity index (χ2v) is 5.02. The number of ketones is 1. The van der Waals surface area contributed by atoms with Gasteiger partial charge in [-0.3, -0.25) is 14.9 Å². The van der Waals surface area contributed by atoms with Crippen LogP contribution in [0.1, 0.15) is 29.8 Å². The number of non-ortho nitro benzene ring substituents is 1. The fourth-order valence-electron chi connectivity index (χ4n) is 1.95. The third kappa shape index (κ3) is 3.12. The zero-order valence-corrected chi connectivity index (χ0v) is 11.4. The van der Waals surface area contributed by atoms with Gasteiger partial charge in [0.1, 0.15) is 0 Å². The number of Topliss-reactive ketones (excluding diaryl/α,β-unsaturated/α-hetero) is 1. The zero-order chi connectivity index (χ0) is 14.7.